The van der Waals surface area contributed by atoms with Crippen molar-refractivity contribution in [2.24, 2.45) is 0 Å². The van der Waals surface area contributed by atoms with Gasteiger partial charge in [-0.1, -0.05) is 128 Å². The van der Waals surface area contributed by atoms with E-state index < -0.39 is 0 Å². The summed E-state index contributed by atoms with van der Waals surface area (Å²) in [6.07, 6.45) is 17.6. The Balaban J connectivity index is 1.04. The third kappa shape index (κ3) is 5.81. The molecule has 0 atom stereocenters. The van der Waals surface area contributed by atoms with Crippen molar-refractivity contribution in [3.05, 3.63) is 178 Å². The van der Waals surface area contributed by atoms with Gasteiger partial charge in [-0.25, -0.2) is 9.97 Å². The van der Waals surface area contributed by atoms with Gasteiger partial charge in [0.25, 0.3) is 0 Å². The minimum Gasteiger partial charge on any atom is -0.454 e. The Morgan fingerprint density at radius 3 is 2.16 bits per heavy atom. The average molecular weight is 727 g/mol. The molecule has 0 aliphatic heterocycles. The number of allylic oxidation sites excluding steroid dienone is 3. The third-order valence-corrected chi connectivity index (χ3v) is 12.2. The molecule has 0 unspecified atom stereocenters. The first-order valence-electron chi connectivity index (χ1n) is 19.1. The van der Waals surface area contributed by atoms with Crippen LogP contribution in [0.2, 0.25) is 0 Å². The van der Waals surface area contributed by atoms with Crippen LogP contribution in [0.15, 0.2) is 144 Å². The lowest BCUT2D eigenvalue weighted by Gasteiger charge is -2.16. The van der Waals surface area contributed by atoms with Crippen molar-refractivity contribution in [2.75, 3.05) is 0 Å². The fraction of sp³-hybridized carbons (Fsp3) is 0.0980. The predicted molar refractivity (Wildman–Crippen MR) is 233 cm³/mol. The fourth-order valence-electron chi connectivity index (χ4n) is 8.30. The molecule has 55 heavy (non-hydrogen) atoms. The Morgan fingerprint density at radius 2 is 1.38 bits per heavy atom. The Kier molecular flexibility index (Phi) is 8.34. The van der Waals surface area contributed by atoms with Crippen LogP contribution in [0.1, 0.15) is 57.5 Å². The van der Waals surface area contributed by atoms with Gasteiger partial charge in [-0.3, -0.25) is 0 Å². The molecule has 264 valence electrons. The molecule has 0 amide bonds. The summed E-state index contributed by atoms with van der Waals surface area (Å²) in [7, 11) is 0. The van der Waals surface area contributed by atoms with Gasteiger partial charge in [-0.2, -0.15) is 0 Å². The van der Waals surface area contributed by atoms with Gasteiger partial charge in [0, 0.05) is 42.8 Å². The van der Waals surface area contributed by atoms with E-state index in [1.807, 2.05) is 48.6 Å². The smallest absolute Gasteiger partial charge is 0.162 e. The summed E-state index contributed by atoms with van der Waals surface area (Å²) in [5, 5.41) is 2.13. The molecule has 0 N–H and O–H groups in total. The average Bonchev–Trinajstić information content (AvgIpc) is 3.83. The summed E-state index contributed by atoms with van der Waals surface area (Å²) in [4.78, 5) is 13.2. The highest BCUT2D eigenvalue weighted by Crippen LogP contribution is 2.44. The number of para-hydroxylation sites is 1. The maximum absolute atomic E-state index is 6.51. The molecule has 2 aliphatic carbocycles. The largest absolute Gasteiger partial charge is 0.454 e. The minimum atomic E-state index is 0.782. The normalized spacial score (nSPS) is 13.7. The highest BCUT2D eigenvalue weighted by atomic mass is 32.1. The van der Waals surface area contributed by atoms with Crippen molar-refractivity contribution < 1.29 is 4.42 Å². The van der Waals surface area contributed by atoms with E-state index in [0.29, 0.717) is 0 Å². The molecule has 0 spiro atoms. The number of rotatable bonds is 7. The number of furan rings is 1. The first-order chi connectivity index (χ1) is 27.2. The highest BCUT2D eigenvalue weighted by molar-refractivity contribution is 7.14. The van der Waals surface area contributed by atoms with E-state index in [0.717, 1.165) is 97.4 Å². The Hall–Kier alpha value is -6.36. The number of hydrogen-bond acceptors (Lipinski definition) is 4. The molecule has 4 aromatic heterocycles. The molecule has 8 aromatic rings. The van der Waals surface area contributed by atoms with Gasteiger partial charge >= 0.3 is 0 Å². The van der Waals surface area contributed by atoms with E-state index in [-0.39, 0.29) is 0 Å². The van der Waals surface area contributed by atoms with E-state index in [9.17, 15) is 0 Å². The van der Waals surface area contributed by atoms with Gasteiger partial charge in [-0.05, 0) is 96.3 Å². The second kappa shape index (κ2) is 13.8. The third-order valence-electron chi connectivity index (χ3n) is 11.0. The number of nitrogens with zero attached hydrogens (tertiary/aromatic N) is 2. The lowest BCUT2D eigenvalue weighted by atomic mass is 9.88. The monoisotopic (exact) mass is 726 g/mol. The number of fused-ring (bicyclic) bond motifs is 6. The first-order valence-corrected chi connectivity index (χ1v) is 19.9. The van der Waals surface area contributed by atoms with Crippen LogP contribution in [0.25, 0.3) is 90.6 Å². The molecule has 0 bridgehead atoms. The molecule has 2 aliphatic rings. The molecule has 0 saturated heterocycles. The molecule has 0 radical (unpaired) electrons. The maximum atomic E-state index is 6.51. The molecule has 4 heteroatoms. The lowest BCUT2D eigenvalue weighted by Crippen LogP contribution is -2.01. The van der Waals surface area contributed by atoms with Crippen LogP contribution in [0.3, 0.4) is 0 Å². The molecule has 3 nitrogen and oxygen atoms in total. The molecule has 4 aromatic carbocycles. The molecule has 0 saturated carbocycles. The second-order valence-electron chi connectivity index (χ2n) is 14.3. The Morgan fingerprint density at radius 1 is 0.691 bits per heavy atom. The Labute approximate surface area is 325 Å². The van der Waals surface area contributed by atoms with E-state index in [2.05, 4.69) is 128 Å². The number of thiophene rings is 1. The predicted octanol–water partition coefficient (Wildman–Crippen LogP) is 14.1. The summed E-state index contributed by atoms with van der Waals surface area (Å²) in [6, 6.07) is 40.7. The number of benzene rings is 4. The van der Waals surface area contributed by atoms with Crippen molar-refractivity contribution in [3.63, 3.8) is 0 Å². The zero-order chi connectivity index (χ0) is 36.9. The van der Waals surface area contributed by atoms with Gasteiger partial charge in [-0.15, -0.1) is 11.3 Å². The van der Waals surface area contributed by atoms with Crippen LogP contribution in [0.4, 0.5) is 0 Å². The lowest BCUT2D eigenvalue weighted by molar-refractivity contribution is 0.668. The topological polar surface area (TPSA) is 38.9 Å². The van der Waals surface area contributed by atoms with Crippen LogP contribution in [-0.2, 0) is 12.8 Å². The van der Waals surface area contributed by atoms with Gasteiger partial charge in [0.2, 0.25) is 0 Å². The van der Waals surface area contributed by atoms with Crippen LogP contribution in [-0.4, -0.2) is 9.97 Å². The summed E-state index contributed by atoms with van der Waals surface area (Å²) >= 11 is 1.96. The van der Waals surface area contributed by atoms with Gasteiger partial charge in [0.05, 0.1) is 17.1 Å². The van der Waals surface area contributed by atoms with Crippen LogP contribution in [0.5, 0.6) is 0 Å². The summed E-state index contributed by atoms with van der Waals surface area (Å²) in [5.41, 5.74) is 17.4. The summed E-state index contributed by atoms with van der Waals surface area (Å²) in [5.74, 6) is 0. The van der Waals surface area contributed by atoms with Crippen molar-refractivity contribution >= 4 is 57.1 Å². The van der Waals surface area contributed by atoms with Crippen molar-refractivity contribution in [2.45, 2.75) is 32.6 Å². The molecule has 4 heterocycles. The SMILES string of the molecule is C=Cc1nc(-c2ccc(-c3cc(-c4ccccc4)nc(-c4ccc(C5=CCCc6c5sc5c6CCC=C5)cc4)c3)cc2)c2oc3ccccc3c2c1/C=C\C. The van der Waals surface area contributed by atoms with Crippen molar-refractivity contribution in [3.8, 4) is 44.9 Å². The minimum absolute atomic E-state index is 0.782. The quantitative estimate of drug-likeness (QED) is 0.164. The highest BCUT2D eigenvalue weighted by Gasteiger charge is 2.24. The summed E-state index contributed by atoms with van der Waals surface area (Å²) < 4.78 is 6.51. The van der Waals surface area contributed by atoms with Gasteiger partial charge in [0.1, 0.15) is 11.3 Å². The van der Waals surface area contributed by atoms with E-state index in [1.54, 1.807) is 11.1 Å². The zero-order valence-corrected chi connectivity index (χ0v) is 31.5. The van der Waals surface area contributed by atoms with Crippen LogP contribution < -0.4 is 0 Å². The van der Waals surface area contributed by atoms with Crippen molar-refractivity contribution in [1.82, 2.24) is 9.97 Å². The number of aromatic nitrogens is 2. The molecule has 0 fully saturated rings. The summed E-state index contributed by atoms with van der Waals surface area (Å²) in [6.45, 7) is 6.13. The number of pyridine rings is 2. The van der Waals surface area contributed by atoms with Gasteiger partial charge < -0.3 is 4.42 Å². The maximum Gasteiger partial charge on any atom is 0.162 e. The van der Waals surface area contributed by atoms with E-state index >= 15 is 0 Å². The molecular weight excluding hydrogens is 689 g/mol. The van der Waals surface area contributed by atoms with Crippen LogP contribution >= 0.6 is 11.3 Å². The number of hydrogen-bond donors (Lipinski definition) is 0. The van der Waals surface area contributed by atoms with E-state index in [4.69, 9.17) is 14.4 Å². The van der Waals surface area contributed by atoms with Crippen molar-refractivity contribution in [1.29, 1.82) is 0 Å². The van der Waals surface area contributed by atoms with E-state index in [1.165, 1.54) is 27.3 Å². The Bertz CT molecular complexity index is 2870. The fourth-order valence-corrected chi connectivity index (χ4v) is 9.69. The standard InChI is InChI=1S/C51H38N2OS/c1-3-13-41-43(4-2)53-49(50-48(41)42-17-8-10-20-46(42)54-50)36-28-22-32(23-29-36)37-30-44(34-14-6-5-7-15-34)52-45(31-37)35-26-24-33(25-27-35)38-18-12-19-40-39-16-9-11-21-47(39)55-51(38)40/h3-8,10-11,13-15,17-18,20-31H,2,9,12,16,19H2,1H3/b13-3-. The molecular formula is C51H38N2OS. The first kappa shape index (κ1) is 33.2. The van der Waals surface area contributed by atoms with Crippen LogP contribution in [0, 0.1) is 0 Å². The zero-order valence-electron chi connectivity index (χ0n) is 30.7. The second-order valence-corrected chi connectivity index (χ2v) is 15.3. The van der Waals surface area contributed by atoms with Gasteiger partial charge in [0.15, 0.2) is 5.58 Å². The molecule has 10 rings (SSSR count).